The van der Waals surface area contributed by atoms with Crippen LogP contribution < -0.4 is 5.56 Å². The molecule has 4 aromatic rings. The van der Waals surface area contributed by atoms with Gasteiger partial charge in [-0.1, -0.05) is 68.1 Å². The number of ketones is 1. The number of carbonyl (C=O) groups excluding carboxylic acids is 1. The quantitative estimate of drug-likeness (QED) is 0.206. The number of nitrogens with zero attached hydrogens (tertiary/aromatic N) is 2. The van der Waals surface area contributed by atoms with Gasteiger partial charge >= 0.3 is 0 Å². The van der Waals surface area contributed by atoms with E-state index in [2.05, 4.69) is 13.8 Å². The van der Waals surface area contributed by atoms with Gasteiger partial charge in [-0.15, -0.1) is 0 Å². The Bertz CT molecular complexity index is 1370. The fourth-order valence-electron chi connectivity index (χ4n) is 3.73. The van der Waals surface area contributed by atoms with Crippen LogP contribution in [0.4, 0.5) is 0 Å². The first-order chi connectivity index (χ1) is 15.4. The number of aryl methyl sites for hydroxylation is 2. The average Bonchev–Trinajstić information content (AvgIpc) is 2.79. The number of para-hydroxylation sites is 2. The van der Waals surface area contributed by atoms with Crippen LogP contribution >= 0.6 is 11.8 Å². The Morgan fingerprint density at radius 3 is 2.44 bits per heavy atom. The van der Waals surface area contributed by atoms with Gasteiger partial charge in [0.1, 0.15) is 0 Å². The number of Topliss-reactive ketones (excluding diaryl/α,β-unsaturated/α-hetero) is 1. The molecule has 0 atom stereocenters. The number of thioether (sulfide) groups is 1. The van der Waals surface area contributed by atoms with Crippen LogP contribution in [0.25, 0.3) is 16.6 Å². The molecule has 0 aliphatic rings. The lowest BCUT2D eigenvalue weighted by atomic mass is 10.0. The lowest BCUT2D eigenvalue weighted by Crippen LogP contribution is -2.23. The van der Waals surface area contributed by atoms with Gasteiger partial charge in [0.2, 0.25) is 0 Å². The third-order valence-electron chi connectivity index (χ3n) is 5.71. The summed E-state index contributed by atoms with van der Waals surface area (Å²) in [5.41, 5.74) is 5.32. The van der Waals surface area contributed by atoms with Gasteiger partial charge in [0.05, 0.1) is 22.3 Å². The monoisotopic (exact) mass is 442 g/mol. The Morgan fingerprint density at radius 1 is 0.969 bits per heavy atom. The summed E-state index contributed by atoms with van der Waals surface area (Å²) < 4.78 is 1.66. The number of hydrogen-bond acceptors (Lipinski definition) is 4. The second-order valence-corrected chi connectivity index (χ2v) is 9.22. The zero-order valence-electron chi connectivity index (χ0n) is 18.8. The van der Waals surface area contributed by atoms with Crippen molar-refractivity contribution in [1.29, 1.82) is 0 Å². The van der Waals surface area contributed by atoms with Gasteiger partial charge in [0.25, 0.3) is 5.56 Å². The molecule has 4 nitrogen and oxygen atoms in total. The van der Waals surface area contributed by atoms with Crippen LogP contribution in [0.2, 0.25) is 0 Å². The third kappa shape index (κ3) is 4.26. The summed E-state index contributed by atoms with van der Waals surface area (Å²) in [6.45, 7) is 8.25. The topological polar surface area (TPSA) is 52.0 Å². The van der Waals surface area contributed by atoms with Crippen molar-refractivity contribution < 1.29 is 4.79 Å². The average molecular weight is 443 g/mol. The number of benzene rings is 3. The van der Waals surface area contributed by atoms with E-state index in [4.69, 9.17) is 4.98 Å². The minimum Gasteiger partial charge on any atom is -0.293 e. The SMILES string of the molecule is Cc1ccc(C(=O)CSc2nc3ccccc3c(=O)n2-c2ccccc2C(C)C)cc1C. The van der Waals surface area contributed by atoms with Crippen LogP contribution in [0.1, 0.15) is 46.8 Å². The van der Waals surface area contributed by atoms with Crippen molar-refractivity contribution in [1.82, 2.24) is 9.55 Å². The standard InChI is InChI=1S/C27H26N2O2S/c1-17(2)21-9-6-8-12-24(21)29-26(31)22-10-5-7-11-23(22)28-27(29)32-16-25(30)20-14-13-18(3)19(4)15-20/h5-15,17H,16H2,1-4H3. The molecular formula is C27H26N2O2S. The van der Waals surface area contributed by atoms with Crippen molar-refractivity contribution >= 4 is 28.4 Å². The summed E-state index contributed by atoms with van der Waals surface area (Å²) in [5, 5.41) is 1.09. The maximum atomic E-state index is 13.5. The highest BCUT2D eigenvalue weighted by Gasteiger charge is 2.18. The van der Waals surface area contributed by atoms with Crippen molar-refractivity contribution in [3.63, 3.8) is 0 Å². The summed E-state index contributed by atoms with van der Waals surface area (Å²) in [5.74, 6) is 0.459. The van der Waals surface area contributed by atoms with Crippen molar-refractivity contribution in [2.75, 3.05) is 5.75 Å². The molecule has 5 heteroatoms. The van der Waals surface area contributed by atoms with Crippen molar-refractivity contribution in [2.24, 2.45) is 0 Å². The zero-order valence-corrected chi connectivity index (χ0v) is 19.6. The van der Waals surface area contributed by atoms with Crippen LogP contribution in [-0.4, -0.2) is 21.1 Å². The van der Waals surface area contributed by atoms with E-state index in [1.807, 2.05) is 74.5 Å². The van der Waals surface area contributed by atoms with Crippen molar-refractivity contribution in [2.45, 2.75) is 38.8 Å². The van der Waals surface area contributed by atoms with Crippen LogP contribution in [0.15, 0.2) is 76.7 Å². The molecule has 0 N–H and O–H groups in total. The van der Waals surface area contributed by atoms with Gasteiger partial charge in [0, 0.05) is 5.56 Å². The molecule has 162 valence electrons. The predicted molar refractivity (Wildman–Crippen MR) is 132 cm³/mol. The number of aromatic nitrogens is 2. The van der Waals surface area contributed by atoms with E-state index in [-0.39, 0.29) is 23.0 Å². The van der Waals surface area contributed by atoms with Gasteiger partial charge in [-0.25, -0.2) is 4.98 Å². The first-order valence-corrected chi connectivity index (χ1v) is 11.7. The molecule has 0 spiro atoms. The Balaban J connectivity index is 1.80. The molecule has 3 aromatic carbocycles. The van der Waals surface area contributed by atoms with Crippen LogP contribution in [0.3, 0.4) is 0 Å². The minimum atomic E-state index is -0.121. The predicted octanol–water partition coefficient (Wildman–Crippen LogP) is 6.10. The summed E-state index contributed by atoms with van der Waals surface area (Å²) in [7, 11) is 0. The minimum absolute atomic E-state index is 0.0178. The number of fused-ring (bicyclic) bond motifs is 1. The third-order valence-corrected chi connectivity index (χ3v) is 6.64. The number of rotatable bonds is 6. The van der Waals surface area contributed by atoms with Gasteiger partial charge < -0.3 is 0 Å². The first kappa shape index (κ1) is 22.0. The molecule has 0 bridgehead atoms. The lowest BCUT2D eigenvalue weighted by molar-refractivity contribution is 0.102. The Kier molecular flexibility index (Phi) is 6.28. The Hall–Kier alpha value is -3.18. The molecule has 0 saturated carbocycles. The normalized spacial score (nSPS) is 11.3. The number of hydrogen-bond donors (Lipinski definition) is 0. The molecule has 32 heavy (non-hydrogen) atoms. The van der Waals surface area contributed by atoms with E-state index >= 15 is 0 Å². The van der Waals surface area contributed by atoms with Gasteiger partial charge in [-0.2, -0.15) is 0 Å². The van der Waals surface area contributed by atoms with E-state index in [9.17, 15) is 9.59 Å². The first-order valence-electron chi connectivity index (χ1n) is 10.7. The summed E-state index contributed by atoms with van der Waals surface area (Å²) in [6.07, 6.45) is 0. The molecule has 1 heterocycles. The highest BCUT2D eigenvalue weighted by atomic mass is 32.2. The molecular weight excluding hydrogens is 416 g/mol. The largest absolute Gasteiger partial charge is 0.293 e. The molecule has 0 aliphatic carbocycles. The maximum absolute atomic E-state index is 13.5. The van der Waals surface area contributed by atoms with Crippen LogP contribution in [0, 0.1) is 13.8 Å². The van der Waals surface area contributed by atoms with Crippen molar-refractivity contribution in [3.8, 4) is 5.69 Å². The molecule has 0 unspecified atom stereocenters. The van der Waals surface area contributed by atoms with Crippen LogP contribution in [0.5, 0.6) is 0 Å². The maximum Gasteiger partial charge on any atom is 0.266 e. The van der Waals surface area contributed by atoms with Crippen LogP contribution in [-0.2, 0) is 0 Å². The fourth-order valence-corrected chi connectivity index (χ4v) is 4.63. The molecule has 4 rings (SSSR count). The highest BCUT2D eigenvalue weighted by molar-refractivity contribution is 7.99. The fraction of sp³-hybridized carbons (Fsp3) is 0.222. The molecule has 1 aromatic heterocycles. The second kappa shape index (κ2) is 9.13. The van der Waals surface area contributed by atoms with E-state index in [0.717, 1.165) is 22.4 Å². The zero-order chi connectivity index (χ0) is 22.8. The Labute approximate surface area is 192 Å². The summed E-state index contributed by atoms with van der Waals surface area (Å²) in [4.78, 5) is 31.2. The van der Waals surface area contributed by atoms with E-state index in [1.165, 1.54) is 11.8 Å². The summed E-state index contributed by atoms with van der Waals surface area (Å²) in [6, 6.07) is 21.0. The van der Waals surface area contributed by atoms with Crippen molar-refractivity contribution in [3.05, 3.63) is 99.3 Å². The van der Waals surface area contributed by atoms with E-state index in [0.29, 0.717) is 21.6 Å². The molecule has 0 radical (unpaired) electrons. The molecule has 0 fully saturated rings. The van der Waals surface area contributed by atoms with E-state index in [1.54, 1.807) is 10.6 Å². The Morgan fingerprint density at radius 2 is 1.69 bits per heavy atom. The molecule has 0 aliphatic heterocycles. The summed E-state index contributed by atoms with van der Waals surface area (Å²) >= 11 is 1.31. The van der Waals surface area contributed by atoms with Gasteiger partial charge in [0.15, 0.2) is 10.9 Å². The van der Waals surface area contributed by atoms with Gasteiger partial charge in [-0.3, -0.25) is 14.2 Å². The highest BCUT2D eigenvalue weighted by Crippen LogP contribution is 2.27. The molecule has 0 amide bonds. The lowest BCUT2D eigenvalue weighted by Gasteiger charge is -2.18. The second-order valence-electron chi connectivity index (χ2n) is 8.28. The number of carbonyl (C=O) groups is 1. The van der Waals surface area contributed by atoms with E-state index < -0.39 is 0 Å². The molecule has 0 saturated heterocycles. The smallest absolute Gasteiger partial charge is 0.266 e. The van der Waals surface area contributed by atoms with Gasteiger partial charge in [-0.05, 0) is 60.7 Å².